The fourth-order valence-electron chi connectivity index (χ4n) is 3.68. The molecule has 136 valence electrons. The van der Waals surface area contributed by atoms with Gasteiger partial charge in [-0.1, -0.05) is 24.3 Å². The Labute approximate surface area is 156 Å². The Hall–Kier alpha value is -2.02. The largest absolute Gasteiger partial charge is 0.396 e. The Morgan fingerprint density at radius 3 is 2.77 bits per heavy atom. The van der Waals surface area contributed by atoms with Gasteiger partial charge in [-0.2, -0.15) is 0 Å². The lowest BCUT2D eigenvalue weighted by Gasteiger charge is -2.19. The average molecular weight is 369 g/mol. The summed E-state index contributed by atoms with van der Waals surface area (Å²) in [6, 6.07) is 8.17. The molecule has 3 aromatic rings. The molecule has 1 aliphatic carbocycles. The number of aromatic amines is 1. The number of benzene rings is 1. The van der Waals surface area contributed by atoms with Gasteiger partial charge in [-0.25, -0.2) is 4.98 Å². The second kappa shape index (κ2) is 6.95. The van der Waals surface area contributed by atoms with E-state index in [0.717, 1.165) is 47.2 Å². The molecule has 5 nitrogen and oxygen atoms in total. The number of hydrogen-bond acceptors (Lipinski definition) is 5. The van der Waals surface area contributed by atoms with Crippen LogP contribution in [0.15, 0.2) is 29.1 Å². The Morgan fingerprint density at radius 1 is 1.31 bits per heavy atom. The summed E-state index contributed by atoms with van der Waals surface area (Å²) in [7, 11) is 4.08. The van der Waals surface area contributed by atoms with Crippen LogP contribution in [0.5, 0.6) is 0 Å². The molecule has 1 atom stereocenters. The number of H-pyrrole nitrogens is 1. The molecule has 1 aromatic carbocycles. The van der Waals surface area contributed by atoms with E-state index in [1.54, 1.807) is 11.3 Å². The van der Waals surface area contributed by atoms with Gasteiger partial charge in [0.15, 0.2) is 0 Å². The van der Waals surface area contributed by atoms with Gasteiger partial charge in [0.05, 0.1) is 5.39 Å². The number of aliphatic hydroxyl groups is 1. The topological polar surface area (TPSA) is 69.2 Å². The SMILES string of the molecule is CN(C)Cc1ccc(-c2nc3sc4c(c3c(=O)[nH]2)CCC(CO)C4)cc1. The van der Waals surface area contributed by atoms with E-state index in [2.05, 4.69) is 22.0 Å². The first kappa shape index (κ1) is 17.4. The molecule has 0 aliphatic heterocycles. The number of nitrogens with zero attached hydrogens (tertiary/aromatic N) is 2. The summed E-state index contributed by atoms with van der Waals surface area (Å²) in [6.07, 6.45) is 2.63. The van der Waals surface area contributed by atoms with Gasteiger partial charge >= 0.3 is 0 Å². The maximum Gasteiger partial charge on any atom is 0.260 e. The molecular formula is C20H23N3O2S. The number of rotatable bonds is 4. The van der Waals surface area contributed by atoms with Crippen LogP contribution in [0.4, 0.5) is 0 Å². The van der Waals surface area contributed by atoms with Crippen molar-refractivity contribution < 1.29 is 5.11 Å². The number of aliphatic hydroxyl groups excluding tert-OH is 1. The number of aromatic nitrogens is 2. The third-order valence-electron chi connectivity index (χ3n) is 5.01. The summed E-state index contributed by atoms with van der Waals surface area (Å²) in [5.74, 6) is 0.926. The van der Waals surface area contributed by atoms with Crippen molar-refractivity contribution in [2.75, 3.05) is 20.7 Å². The van der Waals surface area contributed by atoms with Crippen LogP contribution in [0.25, 0.3) is 21.6 Å². The molecule has 1 aliphatic rings. The van der Waals surface area contributed by atoms with Crippen LogP contribution in [0, 0.1) is 5.92 Å². The molecule has 2 heterocycles. The summed E-state index contributed by atoms with van der Waals surface area (Å²) in [6.45, 7) is 1.09. The minimum atomic E-state index is -0.0534. The van der Waals surface area contributed by atoms with Crippen molar-refractivity contribution in [3.8, 4) is 11.4 Å². The minimum Gasteiger partial charge on any atom is -0.396 e. The van der Waals surface area contributed by atoms with Crippen LogP contribution in [-0.2, 0) is 19.4 Å². The Bertz CT molecular complexity index is 989. The first-order chi connectivity index (χ1) is 12.5. The van der Waals surface area contributed by atoms with Crippen molar-refractivity contribution in [2.24, 2.45) is 5.92 Å². The summed E-state index contributed by atoms with van der Waals surface area (Å²) < 4.78 is 0. The van der Waals surface area contributed by atoms with Crippen molar-refractivity contribution in [1.82, 2.24) is 14.9 Å². The van der Waals surface area contributed by atoms with Crippen molar-refractivity contribution in [3.05, 3.63) is 50.6 Å². The highest BCUT2D eigenvalue weighted by Gasteiger charge is 2.24. The zero-order valence-electron chi connectivity index (χ0n) is 15.1. The monoisotopic (exact) mass is 369 g/mol. The molecule has 6 heteroatoms. The number of thiophene rings is 1. The first-order valence-corrected chi connectivity index (χ1v) is 9.76. The lowest BCUT2D eigenvalue weighted by atomic mass is 9.88. The molecular weight excluding hydrogens is 346 g/mol. The summed E-state index contributed by atoms with van der Waals surface area (Å²) in [5.41, 5.74) is 3.23. The molecule has 0 spiro atoms. The zero-order valence-corrected chi connectivity index (χ0v) is 15.9. The number of hydrogen-bond donors (Lipinski definition) is 2. The van der Waals surface area contributed by atoms with Crippen LogP contribution in [0.2, 0.25) is 0 Å². The van der Waals surface area contributed by atoms with Gasteiger partial charge in [0.25, 0.3) is 5.56 Å². The summed E-state index contributed by atoms with van der Waals surface area (Å²) in [4.78, 5) is 24.6. The van der Waals surface area contributed by atoms with Gasteiger partial charge in [0.2, 0.25) is 0 Å². The second-order valence-electron chi connectivity index (χ2n) is 7.32. The van der Waals surface area contributed by atoms with E-state index in [4.69, 9.17) is 4.98 Å². The molecule has 1 unspecified atom stereocenters. The van der Waals surface area contributed by atoms with Gasteiger partial charge in [-0.3, -0.25) is 4.79 Å². The second-order valence-corrected chi connectivity index (χ2v) is 8.41. The van der Waals surface area contributed by atoms with E-state index in [1.807, 2.05) is 26.2 Å². The number of nitrogens with one attached hydrogen (secondary N) is 1. The van der Waals surface area contributed by atoms with Crippen LogP contribution in [-0.4, -0.2) is 40.7 Å². The van der Waals surface area contributed by atoms with Crippen molar-refractivity contribution >= 4 is 21.6 Å². The molecule has 4 rings (SSSR count). The predicted molar refractivity (Wildman–Crippen MR) is 106 cm³/mol. The molecule has 0 fully saturated rings. The number of aryl methyl sites for hydroxylation is 1. The van der Waals surface area contributed by atoms with E-state index in [-0.39, 0.29) is 12.2 Å². The van der Waals surface area contributed by atoms with E-state index >= 15 is 0 Å². The fourth-order valence-corrected chi connectivity index (χ4v) is 5.01. The maximum absolute atomic E-state index is 12.7. The fraction of sp³-hybridized carbons (Fsp3) is 0.400. The van der Waals surface area contributed by atoms with Crippen LogP contribution in [0.1, 0.15) is 22.4 Å². The van der Waals surface area contributed by atoms with Crippen LogP contribution in [0.3, 0.4) is 0 Å². The highest BCUT2D eigenvalue weighted by atomic mass is 32.1. The summed E-state index contributed by atoms with van der Waals surface area (Å²) in [5, 5.41) is 10.2. The zero-order chi connectivity index (χ0) is 18.3. The van der Waals surface area contributed by atoms with E-state index < -0.39 is 0 Å². The normalized spacial score (nSPS) is 17.0. The van der Waals surface area contributed by atoms with Crippen molar-refractivity contribution in [3.63, 3.8) is 0 Å². The minimum absolute atomic E-state index is 0.0534. The van der Waals surface area contributed by atoms with Gasteiger partial charge in [-0.05, 0) is 50.4 Å². The Morgan fingerprint density at radius 2 is 2.08 bits per heavy atom. The summed E-state index contributed by atoms with van der Waals surface area (Å²) >= 11 is 1.60. The standard InChI is InChI=1S/C20H23N3O2S/c1-23(2)10-12-3-6-14(7-4-12)18-21-19(25)17-15-8-5-13(11-24)9-16(15)26-20(17)22-18/h3-4,6-7,13,24H,5,8-11H2,1-2H3,(H,21,22,25). The first-order valence-electron chi connectivity index (χ1n) is 8.94. The number of fused-ring (bicyclic) bond motifs is 3. The molecule has 0 bridgehead atoms. The van der Waals surface area contributed by atoms with E-state index in [1.165, 1.54) is 10.4 Å². The lowest BCUT2D eigenvalue weighted by molar-refractivity contribution is 0.214. The Kier molecular flexibility index (Phi) is 4.65. The van der Waals surface area contributed by atoms with E-state index in [9.17, 15) is 9.90 Å². The molecule has 0 radical (unpaired) electrons. The maximum atomic E-state index is 12.7. The van der Waals surface area contributed by atoms with Gasteiger partial charge in [-0.15, -0.1) is 11.3 Å². The molecule has 26 heavy (non-hydrogen) atoms. The lowest BCUT2D eigenvalue weighted by Crippen LogP contribution is -2.17. The Balaban J connectivity index is 1.73. The highest BCUT2D eigenvalue weighted by molar-refractivity contribution is 7.18. The van der Waals surface area contributed by atoms with E-state index in [0.29, 0.717) is 11.7 Å². The highest BCUT2D eigenvalue weighted by Crippen LogP contribution is 2.36. The van der Waals surface area contributed by atoms with Crippen LogP contribution < -0.4 is 5.56 Å². The molecule has 0 amide bonds. The van der Waals surface area contributed by atoms with Crippen molar-refractivity contribution in [2.45, 2.75) is 25.8 Å². The third kappa shape index (κ3) is 3.20. The quantitative estimate of drug-likeness (QED) is 0.742. The average Bonchev–Trinajstić information content (AvgIpc) is 2.99. The van der Waals surface area contributed by atoms with Crippen molar-refractivity contribution in [1.29, 1.82) is 0 Å². The smallest absolute Gasteiger partial charge is 0.260 e. The predicted octanol–water partition coefficient (Wildman–Crippen LogP) is 2.81. The van der Waals surface area contributed by atoms with Gasteiger partial charge in [0.1, 0.15) is 10.7 Å². The van der Waals surface area contributed by atoms with Crippen LogP contribution >= 0.6 is 11.3 Å². The third-order valence-corrected chi connectivity index (χ3v) is 6.15. The molecule has 2 N–H and O–H groups in total. The van der Waals surface area contributed by atoms with Gasteiger partial charge < -0.3 is 15.0 Å². The molecule has 0 saturated heterocycles. The molecule has 2 aromatic heterocycles. The van der Waals surface area contributed by atoms with Gasteiger partial charge in [0, 0.05) is 23.6 Å². The molecule has 0 saturated carbocycles.